The Balaban J connectivity index is 1.28. The molecule has 7 heteroatoms. The van der Waals surface area contributed by atoms with Crippen molar-refractivity contribution in [1.29, 1.82) is 0 Å². The molecule has 2 saturated heterocycles. The molecule has 1 amide bonds. The van der Waals surface area contributed by atoms with E-state index in [0.29, 0.717) is 17.6 Å². The SMILES string of the molecule is Cc1cc(N2CC3CN(C(=O)c4onc5c4CCCC5)CC3C2)ncn1. The topological polar surface area (TPSA) is 75.4 Å². The van der Waals surface area contributed by atoms with E-state index in [0.717, 1.165) is 74.6 Å². The normalized spacial score (nSPS) is 24.7. The lowest BCUT2D eigenvalue weighted by Gasteiger charge is -2.22. The second-order valence-electron chi connectivity index (χ2n) is 7.80. The van der Waals surface area contributed by atoms with Crippen LogP contribution in [0.1, 0.15) is 40.3 Å². The van der Waals surface area contributed by atoms with Gasteiger partial charge in [-0.15, -0.1) is 0 Å². The fourth-order valence-electron chi connectivity index (χ4n) is 4.66. The third-order valence-electron chi connectivity index (χ3n) is 6.04. The molecule has 2 fully saturated rings. The van der Waals surface area contributed by atoms with Crippen molar-refractivity contribution in [3.05, 3.63) is 35.1 Å². The summed E-state index contributed by atoms with van der Waals surface area (Å²) < 4.78 is 5.45. The maximum atomic E-state index is 13.0. The first-order valence-corrected chi connectivity index (χ1v) is 9.49. The predicted octanol–water partition coefficient (Wildman–Crippen LogP) is 1.86. The third kappa shape index (κ3) is 2.57. The molecule has 26 heavy (non-hydrogen) atoms. The summed E-state index contributed by atoms with van der Waals surface area (Å²) in [5.74, 6) is 2.50. The number of hydrogen-bond acceptors (Lipinski definition) is 6. The van der Waals surface area contributed by atoms with Gasteiger partial charge in [-0.2, -0.15) is 0 Å². The molecule has 0 bridgehead atoms. The highest BCUT2D eigenvalue weighted by Crippen LogP contribution is 2.35. The summed E-state index contributed by atoms with van der Waals surface area (Å²) in [5.41, 5.74) is 3.03. The highest BCUT2D eigenvalue weighted by atomic mass is 16.5. The molecule has 5 rings (SSSR count). The van der Waals surface area contributed by atoms with Gasteiger partial charge >= 0.3 is 0 Å². The van der Waals surface area contributed by atoms with E-state index in [2.05, 4.69) is 20.0 Å². The van der Waals surface area contributed by atoms with Crippen LogP contribution < -0.4 is 4.90 Å². The van der Waals surface area contributed by atoms with E-state index in [4.69, 9.17) is 4.52 Å². The van der Waals surface area contributed by atoms with Crippen LogP contribution in [0, 0.1) is 18.8 Å². The van der Waals surface area contributed by atoms with Crippen LogP contribution in [0.4, 0.5) is 5.82 Å². The molecular weight excluding hydrogens is 330 g/mol. The molecule has 7 nitrogen and oxygen atoms in total. The minimum atomic E-state index is 0.0273. The zero-order valence-electron chi connectivity index (χ0n) is 15.0. The maximum absolute atomic E-state index is 13.0. The number of aryl methyl sites for hydroxylation is 2. The quantitative estimate of drug-likeness (QED) is 0.820. The molecule has 2 aromatic heterocycles. The summed E-state index contributed by atoms with van der Waals surface area (Å²) in [6, 6.07) is 2.03. The molecule has 2 aromatic rings. The van der Waals surface area contributed by atoms with Gasteiger partial charge in [0.2, 0.25) is 5.76 Å². The highest BCUT2D eigenvalue weighted by Gasteiger charge is 2.43. The number of hydrogen-bond donors (Lipinski definition) is 0. The molecule has 0 radical (unpaired) electrons. The van der Waals surface area contributed by atoms with Gasteiger partial charge in [-0.1, -0.05) is 5.16 Å². The zero-order chi connectivity index (χ0) is 17.7. The fraction of sp³-hybridized carbons (Fsp3) is 0.579. The Morgan fingerprint density at radius 1 is 1.12 bits per heavy atom. The Morgan fingerprint density at radius 2 is 1.88 bits per heavy atom. The van der Waals surface area contributed by atoms with Gasteiger partial charge in [-0.3, -0.25) is 4.79 Å². The van der Waals surface area contributed by atoms with Crippen molar-refractivity contribution < 1.29 is 9.32 Å². The number of fused-ring (bicyclic) bond motifs is 2. The number of rotatable bonds is 2. The van der Waals surface area contributed by atoms with Crippen LogP contribution in [0.15, 0.2) is 16.9 Å². The van der Waals surface area contributed by atoms with Gasteiger partial charge < -0.3 is 14.3 Å². The summed E-state index contributed by atoms with van der Waals surface area (Å²) in [6.45, 7) is 5.46. The minimum Gasteiger partial charge on any atom is -0.356 e. The van der Waals surface area contributed by atoms with Gasteiger partial charge in [0.1, 0.15) is 12.1 Å². The van der Waals surface area contributed by atoms with Crippen LogP contribution in [0.25, 0.3) is 0 Å². The molecule has 0 saturated carbocycles. The van der Waals surface area contributed by atoms with Gasteiger partial charge in [0.25, 0.3) is 5.91 Å². The highest BCUT2D eigenvalue weighted by molar-refractivity contribution is 5.93. The average molecular weight is 353 g/mol. The fourth-order valence-corrected chi connectivity index (χ4v) is 4.66. The van der Waals surface area contributed by atoms with Gasteiger partial charge in [0.15, 0.2) is 0 Å². The summed E-state index contributed by atoms with van der Waals surface area (Å²) in [5, 5.41) is 4.14. The minimum absolute atomic E-state index is 0.0273. The number of carbonyl (C=O) groups excluding carboxylic acids is 1. The lowest BCUT2D eigenvalue weighted by Crippen LogP contribution is -2.33. The smallest absolute Gasteiger partial charge is 0.292 e. The Labute approximate surface area is 152 Å². The predicted molar refractivity (Wildman–Crippen MR) is 95.0 cm³/mol. The number of amides is 1. The molecule has 2 aliphatic heterocycles. The van der Waals surface area contributed by atoms with Crippen molar-refractivity contribution >= 4 is 11.7 Å². The van der Waals surface area contributed by atoms with Crippen LogP contribution in [-0.4, -0.2) is 52.1 Å². The van der Waals surface area contributed by atoms with E-state index in [-0.39, 0.29) is 5.91 Å². The van der Waals surface area contributed by atoms with E-state index < -0.39 is 0 Å². The monoisotopic (exact) mass is 353 g/mol. The zero-order valence-corrected chi connectivity index (χ0v) is 15.0. The first-order chi connectivity index (χ1) is 12.7. The molecular formula is C19H23N5O2. The van der Waals surface area contributed by atoms with E-state index in [1.807, 2.05) is 17.9 Å². The second-order valence-corrected chi connectivity index (χ2v) is 7.80. The first-order valence-electron chi connectivity index (χ1n) is 9.49. The molecule has 0 aromatic carbocycles. The van der Waals surface area contributed by atoms with E-state index in [1.54, 1.807) is 6.33 Å². The van der Waals surface area contributed by atoms with Gasteiger partial charge in [0.05, 0.1) is 5.69 Å². The van der Waals surface area contributed by atoms with Crippen molar-refractivity contribution in [3.63, 3.8) is 0 Å². The van der Waals surface area contributed by atoms with Crippen molar-refractivity contribution in [3.8, 4) is 0 Å². The molecule has 136 valence electrons. The number of anilines is 1. The van der Waals surface area contributed by atoms with Gasteiger partial charge in [-0.05, 0) is 32.6 Å². The molecule has 4 heterocycles. The maximum Gasteiger partial charge on any atom is 0.292 e. The third-order valence-corrected chi connectivity index (χ3v) is 6.04. The Morgan fingerprint density at radius 3 is 2.65 bits per heavy atom. The summed E-state index contributed by atoms with van der Waals surface area (Å²) in [4.78, 5) is 25.8. The van der Waals surface area contributed by atoms with Crippen molar-refractivity contribution in [2.24, 2.45) is 11.8 Å². The van der Waals surface area contributed by atoms with Crippen LogP contribution >= 0.6 is 0 Å². The summed E-state index contributed by atoms with van der Waals surface area (Å²) in [7, 11) is 0. The Bertz CT molecular complexity index is 834. The Kier molecular flexibility index (Phi) is 3.69. The van der Waals surface area contributed by atoms with Gasteiger partial charge in [0, 0.05) is 55.3 Å². The molecule has 1 aliphatic carbocycles. The molecule has 2 atom stereocenters. The summed E-state index contributed by atoms with van der Waals surface area (Å²) >= 11 is 0. The van der Waals surface area contributed by atoms with E-state index in [1.165, 1.54) is 0 Å². The van der Waals surface area contributed by atoms with E-state index in [9.17, 15) is 4.79 Å². The first kappa shape index (κ1) is 15.8. The molecule has 3 aliphatic rings. The lowest BCUT2D eigenvalue weighted by molar-refractivity contribution is 0.0739. The van der Waals surface area contributed by atoms with Crippen molar-refractivity contribution in [2.45, 2.75) is 32.6 Å². The van der Waals surface area contributed by atoms with Crippen LogP contribution in [0.2, 0.25) is 0 Å². The Hall–Kier alpha value is -2.44. The standard InChI is InChI=1S/C19H23N5O2/c1-12-6-17(21-11-20-12)23-7-13-9-24(10-14(13)8-23)19(25)18-15-4-2-3-5-16(15)22-26-18/h6,11,13-14H,2-5,7-10H2,1H3. The number of likely N-dealkylation sites (tertiary alicyclic amines) is 1. The number of nitrogens with zero attached hydrogens (tertiary/aromatic N) is 5. The largest absolute Gasteiger partial charge is 0.356 e. The molecule has 0 spiro atoms. The lowest BCUT2D eigenvalue weighted by atomic mass is 9.96. The van der Waals surface area contributed by atoms with E-state index >= 15 is 0 Å². The molecule has 0 N–H and O–H groups in total. The van der Waals surface area contributed by atoms with Crippen LogP contribution in [0.5, 0.6) is 0 Å². The van der Waals surface area contributed by atoms with Crippen LogP contribution in [0.3, 0.4) is 0 Å². The van der Waals surface area contributed by atoms with Crippen molar-refractivity contribution in [1.82, 2.24) is 20.0 Å². The van der Waals surface area contributed by atoms with Crippen LogP contribution in [-0.2, 0) is 12.8 Å². The average Bonchev–Trinajstić information content (AvgIpc) is 3.34. The summed E-state index contributed by atoms with van der Waals surface area (Å²) in [6.07, 6.45) is 5.74. The van der Waals surface area contributed by atoms with Gasteiger partial charge in [-0.25, -0.2) is 9.97 Å². The second kappa shape index (κ2) is 6.07. The number of aromatic nitrogens is 3. The van der Waals surface area contributed by atoms with Crippen molar-refractivity contribution in [2.75, 3.05) is 31.1 Å². The molecule has 2 unspecified atom stereocenters. The number of carbonyl (C=O) groups is 1.